The molecule has 1 atom stereocenters. The Morgan fingerprint density at radius 1 is 1.22 bits per heavy atom. The van der Waals surface area contributed by atoms with Crippen LogP contribution in [0.3, 0.4) is 0 Å². The summed E-state index contributed by atoms with van der Waals surface area (Å²) in [5, 5.41) is 5.85. The molecule has 2 amide bonds. The number of carbonyl (C=O) groups excluding carboxylic acids is 2. The molecule has 126 valence electrons. The van der Waals surface area contributed by atoms with Crippen LogP contribution in [0.25, 0.3) is 0 Å². The standard InChI is InChI=1S/C18H27N3O2/c1-13(21-18(23)15-4-2-3-5-15)12-17(22)20-11-10-14-6-8-16(19)9-7-14/h6-9,13,15H,2-5,10-12,19H2,1H3,(H,20,22)(H,21,23). The summed E-state index contributed by atoms with van der Waals surface area (Å²) in [4.78, 5) is 23.9. The van der Waals surface area contributed by atoms with E-state index in [-0.39, 0.29) is 23.8 Å². The van der Waals surface area contributed by atoms with Crippen molar-refractivity contribution >= 4 is 17.5 Å². The maximum Gasteiger partial charge on any atom is 0.223 e. The number of carbonyl (C=O) groups is 2. The van der Waals surface area contributed by atoms with Crippen molar-refractivity contribution in [2.75, 3.05) is 12.3 Å². The highest BCUT2D eigenvalue weighted by molar-refractivity contribution is 5.81. The number of rotatable bonds is 7. The van der Waals surface area contributed by atoms with Gasteiger partial charge in [-0.05, 0) is 43.9 Å². The summed E-state index contributed by atoms with van der Waals surface area (Å²) >= 11 is 0. The van der Waals surface area contributed by atoms with Crippen LogP contribution < -0.4 is 16.4 Å². The van der Waals surface area contributed by atoms with Crippen LogP contribution in [-0.2, 0) is 16.0 Å². The molecule has 1 fully saturated rings. The molecule has 4 N–H and O–H groups in total. The van der Waals surface area contributed by atoms with Gasteiger partial charge in [0, 0.05) is 30.6 Å². The van der Waals surface area contributed by atoms with Gasteiger partial charge in [0.15, 0.2) is 0 Å². The second-order valence-corrected chi connectivity index (χ2v) is 6.44. The number of nitrogen functional groups attached to an aromatic ring is 1. The molecule has 0 aliphatic heterocycles. The molecule has 0 heterocycles. The fourth-order valence-corrected chi connectivity index (χ4v) is 2.98. The molecule has 0 saturated heterocycles. The summed E-state index contributed by atoms with van der Waals surface area (Å²) in [6.07, 6.45) is 5.32. The molecule has 5 nitrogen and oxygen atoms in total. The maximum absolute atomic E-state index is 12.0. The molecular formula is C18H27N3O2. The lowest BCUT2D eigenvalue weighted by Crippen LogP contribution is -2.40. The fourth-order valence-electron chi connectivity index (χ4n) is 2.98. The summed E-state index contributed by atoms with van der Waals surface area (Å²) in [5.41, 5.74) is 7.52. The van der Waals surface area contributed by atoms with Gasteiger partial charge < -0.3 is 16.4 Å². The Bertz CT molecular complexity index is 522. The molecule has 23 heavy (non-hydrogen) atoms. The van der Waals surface area contributed by atoms with Crippen LogP contribution in [0.5, 0.6) is 0 Å². The quantitative estimate of drug-likeness (QED) is 0.673. The van der Waals surface area contributed by atoms with E-state index in [1.54, 1.807) is 0 Å². The van der Waals surface area contributed by atoms with Crippen LogP contribution in [0.1, 0.15) is 44.6 Å². The number of benzene rings is 1. The van der Waals surface area contributed by atoms with Crippen molar-refractivity contribution in [3.05, 3.63) is 29.8 Å². The first-order chi connectivity index (χ1) is 11.0. The normalized spacial score (nSPS) is 16.0. The summed E-state index contributed by atoms with van der Waals surface area (Å²) in [7, 11) is 0. The van der Waals surface area contributed by atoms with Crippen LogP contribution in [0.4, 0.5) is 5.69 Å². The Morgan fingerprint density at radius 3 is 2.52 bits per heavy atom. The summed E-state index contributed by atoms with van der Waals surface area (Å²) in [5.74, 6) is 0.218. The second kappa shape index (κ2) is 8.56. The lowest BCUT2D eigenvalue weighted by molar-refractivity contribution is -0.126. The second-order valence-electron chi connectivity index (χ2n) is 6.44. The van der Waals surface area contributed by atoms with E-state index < -0.39 is 0 Å². The lowest BCUT2D eigenvalue weighted by Gasteiger charge is -2.16. The summed E-state index contributed by atoms with van der Waals surface area (Å²) < 4.78 is 0. The molecule has 0 spiro atoms. The maximum atomic E-state index is 12.0. The molecule has 1 saturated carbocycles. The van der Waals surface area contributed by atoms with E-state index in [1.165, 1.54) is 0 Å². The zero-order chi connectivity index (χ0) is 16.7. The van der Waals surface area contributed by atoms with Gasteiger partial charge in [0.05, 0.1) is 0 Å². The van der Waals surface area contributed by atoms with Crippen molar-refractivity contribution in [3.63, 3.8) is 0 Å². The fraction of sp³-hybridized carbons (Fsp3) is 0.556. The van der Waals surface area contributed by atoms with Crippen molar-refractivity contribution in [1.29, 1.82) is 0 Å². The molecule has 1 aliphatic carbocycles. The average Bonchev–Trinajstić information content (AvgIpc) is 3.03. The third-order valence-electron chi connectivity index (χ3n) is 4.32. The number of nitrogens with one attached hydrogen (secondary N) is 2. The molecule has 2 rings (SSSR count). The van der Waals surface area contributed by atoms with E-state index in [4.69, 9.17) is 5.73 Å². The average molecular weight is 317 g/mol. The third-order valence-corrected chi connectivity index (χ3v) is 4.32. The predicted molar refractivity (Wildman–Crippen MR) is 91.7 cm³/mol. The van der Waals surface area contributed by atoms with Gasteiger partial charge in [0.25, 0.3) is 0 Å². The van der Waals surface area contributed by atoms with Crippen LogP contribution >= 0.6 is 0 Å². The van der Waals surface area contributed by atoms with E-state index >= 15 is 0 Å². The summed E-state index contributed by atoms with van der Waals surface area (Å²) in [6, 6.07) is 7.52. The topological polar surface area (TPSA) is 84.2 Å². The Labute approximate surface area is 138 Å². The first kappa shape index (κ1) is 17.3. The monoisotopic (exact) mass is 317 g/mol. The van der Waals surface area contributed by atoms with E-state index in [2.05, 4.69) is 10.6 Å². The molecule has 1 unspecified atom stereocenters. The van der Waals surface area contributed by atoms with Crippen molar-refractivity contribution in [2.45, 2.75) is 51.5 Å². The SMILES string of the molecule is CC(CC(=O)NCCc1ccc(N)cc1)NC(=O)C1CCCC1. The number of hydrogen-bond acceptors (Lipinski definition) is 3. The minimum absolute atomic E-state index is 0.0281. The molecule has 0 radical (unpaired) electrons. The van der Waals surface area contributed by atoms with E-state index in [1.807, 2.05) is 31.2 Å². The van der Waals surface area contributed by atoms with Crippen LogP contribution in [-0.4, -0.2) is 24.4 Å². The minimum Gasteiger partial charge on any atom is -0.399 e. The van der Waals surface area contributed by atoms with Gasteiger partial charge in [-0.1, -0.05) is 25.0 Å². The smallest absolute Gasteiger partial charge is 0.223 e. The van der Waals surface area contributed by atoms with Gasteiger partial charge in [0.2, 0.25) is 11.8 Å². The first-order valence-corrected chi connectivity index (χ1v) is 8.46. The largest absolute Gasteiger partial charge is 0.399 e. The van der Waals surface area contributed by atoms with Gasteiger partial charge in [0.1, 0.15) is 0 Å². The Balaban J connectivity index is 1.63. The molecular weight excluding hydrogens is 290 g/mol. The Hall–Kier alpha value is -2.04. The molecule has 0 bridgehead atoms. The van der Waals surface area contributed by atoms with Crippen molar-refractivity contribution in [3.8, 4) is 0 Å². The molecule has 1 aliphatic rings. The highest BCUT2D eigenvalue weighted by atomic mass is 16.2. The van der Waals surface area contributed by atoms with Gasteiger partial charge >= 0.3 is 0 Å². The van der Waals surface area contributed by atoms with Crippen LogP contribution in [0.15, 0.2) is 24.3 Å². The molecule has 1 aromatic carbocycles. The number of amides is 2. The predicted octanol–water partition coefficient (Wildman–Crippen LogP) is 2.01. The molecule has 5 heteroatoms. The highest BCUT2D eigenvalue weighted by Crippen LogP contribution is 2.24. The van der Waals surface area contributed by atoms with Crippen LogP contribution in [0.2, 0.25) is 0 Å². The van der Waals surface area contributed by atoms with E-state index in [9.17, 15) is 9.59 Å². The summed E-state index contributed by atoms with van der Waals surface area (Å²) in [6.45, 7) is 2.47. The van der Waals surface area contributed by atoms with E-state index in [0.29, 0.717) is 13.0 Å². The van der Waals surface area contributed by atoms with Crippen LogP contribution in [0, 0.1) is 5.92 Å². The highest BCUT2D eigenvalue weighted by Gasteiger charge is 2.24. The molecule has 0 aromatic heterocycles. The van der Waals surface area contributed by atoms with Gasteiger partial charge in [-0.3, -0.25) is 9.59 Å². The van der Waals surface area contributed by atoms with Crippen molar-refractivity contribution < 1.29 is 9.59 Å². The Morgan fingerprint density at radius 2 is 1.87 bits per heavy atom. The number of nitrogens with two attached hydrogens (primary N) is 1. The van der Waals surface area contributed by atoms with Gasteiger partial charge in [-0.2, -0.15) is 0 Å². The zero-order valence-electron chi connectivity index (χ0n) is 13.8. The number of hydrogen-bond donors (Lipinski definition) is 3. The third kappa shape index (κ3) is 5.93. The van der Waals surface area contributed by atoms with Crippen molar-refractivity contribution in [2.24, 2.45) is 5.92 Å². The zero-order valence-corrected chi connectivity index (χ0v) is 13.8. The van der Waals surface area contributed by atoms with Gasteiger partial charge in [-0.15, -0.1) is 0 Å². The minimum atomic E-state index is -0.125. The van der Waals surface area contributed by atoms with E-state index in [0.717, 1.165) is 43.4 Å². The van der Waals surface area contributed by atoms with Crippen molar-refractivity contribution in [1.82, 2.24) is 10.6 Å². The lowest BCUT2D eigenvalue weighted by atomic mass is 10.1. The molecule has 1 aromatic rings. The first-order valence-electron chi connectivity index (χ1n) is 8.46. The number of anilines is 1. The Kier molecular flexibility index (Phi) is 6.44. The van der Waals surface area contributed by atoms with Gasteiger partial charge in [-0.25, -0.2) is 0 Å².